The average molecular weight is 446 g/mol. The quantitative estimate of drug-likeness (QED) is 0.617. The van der Waals surface area contributed by atoms with Gasteiger partial charge in [-0.3, -0.25) is 14.7 Å². The predicted molar refractivity (Wildman–Crippen MR) is 128 cm³/mol. The maximum Gasteiger partial charge on any atom is 0.252 e. The Morgan fingerprint density at radius 2 is 1.94 bits per heavy atom. The van der Waals surface area contributed by atoms with E-state index in [0.717, 1.165) is 51.1 Å². The van der Waals surface area contributed by atoms with Gasteiger partial charge in [-0.1, -0.05) is 30.3 Å². The number of carbonyl (C=O) groups is 1. The molecule has 1 aromatic heterocycles. The number of carbonyl (C=O) groups excluding carboxylic acids is 1. The molecule has 3 aromatic rings. The number of pyridine rings is 1. The fraction of sp³-hybridized carbons (Fsp3) is 0.407. The molecule has 0 bridgehead atoms. The summed E-state index contributed by atoms with van der Waals surface area (Å²) in [6.45, 7) is 3.53. The van der Waals surface area contributed by atoms with Crippen LogP contribution in [0.2, 0.25) is 0 Å². The van der Waals surface area contributed by atoms with E-state index in [1.165, 1.54) is 16.3 Å². The van der Waals surface area contributed by atoms with E-state index in [4.69, 9.17) is 9.47 Å². The lowest BCUT2D eigenvalue weighted by Gasteiger charge is -2.39. The van der Waals surface area contributed by atoms with Crippen molar-refractivity contribution >= 4 is 16.7 Å². The molecule has 1 amide bonds. The van der Waals surface area contributed by atoms with Crippen LogP contribution in [0.5, 0.6) is 5.75 Å². The zero-order valence-corrected chi connectivity index (χ0v) is 19.1. The minimum Gasteiger partial charge on any atom is -0.496 e. The smallest absolute Gasteiger partial charge is 0.252 e. The van der Waals surface area contributed by atoms with Crippen LogP contribution in [0.4, 0.5) is 0 Å². The Morgan fingerprint density at radius 3 is 2.70 bits per heavy atom. The van der Waals surface area contributed by atoms with E-state index in [1.807, 2.05) is 0 Å². The molecule has 2 fully saturated rings. The number of fused-ring (bicyclic) bond motifs is 1. The number of benzene rings is 2. The summed E-state index contributed by atoms with van der Waals surface area (Å²) < 4.78 is 12.0. The average Bonchev–Trinajstić information content (AvgIpc) is 3.27. The first-order chi connectivity index (χ1) is 16.2. The Morgan fingerprint density at radius 1 is 1.12 bits per heavy atom. The second kappa shape index (κ2) is 9.49. The van der Waals surface area contributed by atoms with Gasteiger partial charge in [0.05, 0.1) is 24.4 Å². The fourth-order valence-electron chi connectivity index (χ4n) is 5.22. The van der Waals surface area contributed by atoms with Crippen LogP contribution in [0.1, 0.15) is 41.6 Å². The lowest BCUT2D eigenvalue weighted by molar-refractivity contribution is -0.0764. The topological polar surface area (TPSA) is 63.7 Å². The highest BCUT2D eigenvalue weighted by molar-refractivity contribution is 5.93. The summed E-state index contributed by atoms with van der Waals surface area (Å²) in [4.78, 5) is 18.8. The molecule has 6 heteroatoms. The fourth-order valence-corrected chi connectivity index (χ4v) is 5.22. The zero-order chi connectivity index (χ0) is 22.7. The van der Waals surface area contributed by atoms with Crippen molar-refractivity contribution in [1.29, 1.82) is 0 Å². The zero-order valence-electron chi connectivity index (χ0n) is 19.1. The molecule has 2 aliphatic heterocycles. The van der Waals surface area contributed by atoms with E-state index >= 15 is 0 Å². The van der Waals surface area contributed by atoms with E-state index < -0.39 is 0 Å². The normalized spacial score (nSPS) is 20.2. The summed E-state index contributed by atoms with van der Waals surface area (Å²) in [7, 11) is 1.73. The number of hydrogen-bond acceptors (Lipinski definition) is 5. The number of ether oxygens (including phenoxy) is 2. The molecule has 3 heterocycles. The van der Waals surface area contributed by atoms with Crippen molar-refractivity contribution in [2.45, 2.75) is 43.9 Å². The molecule has 5 rings (SSSR count). The molecule has 1 spiro atoms. The van der Waals surface area contributed by atoms with Crippen LogP contribution >= 0.6 is 0 Å². The van der Waals surface area contributed by atoms with Gasteiger partial charge in [0.25, 0.3) is 5.91 Å². The predicted octanol–water partition coefficient (Wildman–Crippen LogP) is 4.19. The molecule has 1 atom stereocenters. The number of nitrogens with zero attached hydrogens (tertiary/aromatic N) is 2. The number of amides is 1. The number of methoxy groups -OCH3 is 1. The molecule has 0 aliphatic carbocycles. The number of likely N-dealkylation sites (tertiary alicyclic amines) is 1. The summed E-state index contributed by atoms with van der Waals surface area (Å²) in [5.74, 6) is 0.835. The maximum atomic E-state index is 12.3. The van der Waals surface area contributed by atoms with Gasteiger partial charge < -0.3 is 14.8 Å². The summed E-state index contributed by atoms with van der Waals surface area (Å²) in [6.07, 6.45) is 7.49. The van der Waals surface area contributed by atoms with Crippen LogP contribution in [-0.4, -0.2) is 54.2 Å². The van der Waals surface area contributed by atoms with Crippen LogP contribution in [0, 0.1) is 0 Å². The monoisotopic (exact) mass is 445 g/mol. The van der Waals surface area contributed by atoms with E-state index in [2.05, 4.69) is 51.6 Å². The minimum absolute atomic E-state index is 0.0395. The van der Waals surface area contributed by atoms with Gasteiger partial charge in [-0.05, 0) is 54.8 Å². The van der Waals surface area contributed by atoms with Crippen LogP contribution in [-0.2, 0) is 11.3 Å². The lowest BCUT2D eigenvalue weighted by atomic mass is 9.88. The minimum atomic E-state index is -0.0887. The van der Waals surface area contributed by atoms with Gasteiger partial charge in [-0.25, -0.2) is 0 Å². The highest BCUT2D eigenvalue weighted by Crippen LogP contribution is 2.39. The molecular formula is C27H31N3O3. The van der Waals surface area contributed by atoms with E-state index in [1.54, 1.807) is 31.6 Å². The van der Waals surface area contributed by atoms with Gasteiger partial charge in [-0.15, -0.1) is 0 Å². The van der Waals surface area contributed by atoms with Gasteiger partial charge >= 0.3 is 0 Å². The maximum absolute atomic E-state index is 12.3. The SMILES string of the molecule is COc1ccc(CN2CCC3(CCC(CNC(=O)c4cccnc4)O3)CC2)c2ccccc12. The Labute approximate surface area is 194 Å². The lowest BCUT2D eigenvalue weighted by Crippen LogP contribution is -2.44. The Balaban J connectivity index is 1.15. The summed E-state index contributed by atoms with van der Waals surface area (Å²) in [6, 6.07) is 16.3. The second-order valence-corrected chi connectivity index (χ2v) is 9.16. The van der Waals surface area contributed by atoms with Gasteiger partial charge in [-0.2, -0.15) is 0 Å². The molecule has 33 heavy (non-hydrogen) atoms. The molecule has 172 valence electrons. The Kier molecular flexibility index (Phi) is 6.29. The first kappa shape index (κ1) is 21.9. The number of nitrogens with one attached hydrogen (secondary N) is 1. The summed E-state index contributed by atoms with van der Waals surface area (Å²) in [5, 5.41) is 5.44. The van der Waals surface area contributed by atoms with Crippen LogP contribution in [0.15, 0.2) is 60.9 Å². The van der Waals surface area contributed by atoms with Gasteiger partial charge in [0.1, 0.15) is 5.75 Å². The van der Waals surface area contributed by atoms with Crippen LogP contribution in [0.25, 0.3) is 10.8 Å². The molecule has 0 saturated carbocycles. The first-order valence-electron chi connectivity index (χ1n) is 11.8. The van der Waals surface area contributed by atoms with Crippen LogP contribution < -0.4 is 10.1 Å². The molecule has 1 unspecified atom stereocenters. The third-order valence-corrected chi connectivity index (χ3v) is 7.11. The third kappa shape index (κ3) is 4.72. The van der Waals surface area contributed by atoms with E-state index in [0.29, 0.717) is 12.1 Å². The number of piperidine rings is 1. The summed E-state index contributed by atoms with van der Waals surface area (Å²) >= 11 is 0. The molecule has 1 N–H and O–H groups in total. The Hall–Kier alpha value is -2.96. The van der Waals surface area contributed by atoms with Gasteiger partial charge in [0, 0.05) is 44.0 Å². The Bertz CT molecular complexity index is 1110. The molecule has 0 radical (unpaired) electrons. The number of aromatic nitrogens is 1. The van der Waals surface area contributed by atoms with Crippen molar-refractivity contribution in [1.82, 2.24) is 15.2 Å². The first-order valence-corrected chi connectivity index (χ1v) is 11.8. The third-order valence-electron chi connectivity index (χ3n) is 7.11. The van der Waals surface area contributed by atoms with Crippen molar-refractivity contribution in [2.24, 2.45) is 0 Å². The second-order valence-electron chi connectivity index (χ2n) is 9.16. The van der Waals surface area contributed by atoms with Gasteiger partial charge in [0.2, 0.25) is 0 Å². The molecule has 2 aliphatic rings. The van der Waals surface area contributed by atoms with E-state index in [9.17, 15) is 4.79 Å². The van der Waals surface area contributed by atoms with Crippen molar-refractivity contribution in [3.63, 3.8) is 0 Å². The standard InChI is InChI=1S/C27H31N3O3/c1-32-25-9-8-21(23-6-2-3-7-24(23)25)19-30-15-12-27(13-16-30)11-10-22(33-27)18-29-26(31)20-5-4-14-28-17-20/h2-9,14,17,22H,10-13,15-16,18-19H2,1H3,(H,29,31). The molecule has 6 nitrogen and oxygen atoms in total. The number of rotatable bonds is 6. The number of hydrogen-bond donors (Lipinski definition) is 1. The van der Waals surface area contributed by atoms with E-state index in [-0.39, 0.29) is 17.6 Å². The van der Waals surface area contributed by atoms with Crippen molar-refractivity contribution in [2.75, 3.05) is 26.7 Å². The van der Waals surface area contributed by atoms with Gasteiger partial charge in [0.15, 0.2) is 0 Å². The highest BCUT2D eigenvalue weighted by atomic mass is 16.5. The van der Waals surface area contributed by atoms with Crippen LogP contribution in [0.3, 0.4) is 0 Å². The van der Waals surface area contributed by atoms with Crippen molar-refractivity contribution < 1.29 is 14.3 Å². The van der Waals surface area contributed by atoms with Crippen molar-refractivity contribution in [3.05, 3.63) is 72.1 Å². The largest absolute Gasteiger partial charge is 0.496 e. The molecular weight excluding hydrogens is 414 g/mol. The highest BCUT2D eigenvalue weighted by Gasteiger charge is 2.42. The summed E-state index contributed by atoms with van der Waals surface area (Å²) in [5.41, 5.74) is 1.89. The molecule has 2 saturated heterocycles. The van der Waals surface area contributed by atoms with Crippen molar-refractivity contribution in [3.8, 4) is 5.75 Å². The molecule has 2 aromatic carbocycles.